The lowest BCUT2D eigenvalue weighted by atomic mass is 9.99. The van der Waals surface area contributed by atoms with Gasteiger partial charge < -0.3 is 23.4 Å². The second kappa shape index (κ2) is 8.71. The first-order valence-corrected chi connectivity index (χ1v) is 9.77. The fourth-order valence-corrected chi connectivity index (χ4v) is 3.26. The van der Waals surface area contributed by atoms with Gasteiger partial charge in [-0.25, -0.2) is 9.59 Å². The van der Waals surface area contributed by atoms with Crippen molar-refractivity contribution in [2.75, 3.05) is 20.8 Å². The summed E-state index contributed by atoms with van der Waals surface area (Å²) < 4.78 is 26.9. The second-order valence-electron chi connectivity index (χ2n) is 7.99. The quantitative estimate of drug-likeness (QED) is 0.424. The monoisotopic (exact) mass is 426 g/mol. The maximum absolute atomic E-state index is 12.8. The zero-order chi connectivity index (χ0) is 22.8. The number of carbonyl (C=O) groups excluding carboxylic acids is 1. The number of hydrogen-bond donors (Lipinski definition) is 0. The van der Waals surface area contributed by atoms with Crippen molar-refractivity contribution in [3.8, 4) is 28.4 Å². The number of methoxy groups -OCH3 is 2. The molecule has 7 nitrogen and oxygen atoms in total. The molecular weight excluding hydrogens is 400 g/mol. The van der Waals surface area contributed by atoms with Gasteiger partial charge >= 0.3 is 11.6 Å². The number of esters is 1. The minimum Gasteiger partial charge on any atom is -0.493 e. The molecule has 3 rings (SSSR count). The van der Waals surface area contributed by atoms with Gasteiger partial charge in [-0.15, -0.1) is 0 Å². The van der Waals surface area contributed by atoms with E-state index in [2.05, 4.69) is 0 Å². The van der Waals surface area contributed by atoms with Gasteiger partial charge in [0.2, 0.25) is 0 Å². The summed E-state index contributed by atoms with van der Waals surface area (Å²) in [7, 11) is 3.09. The van der Waals surface area contributed by atoms with Crippen molar-refractivity contribution in [1.82, 2.24) is 0 Å². The van der Waals surface area contributed by atoms with E-state index in [0.29, 0.717) is 34.0 Å². The second-order valence-corrected chi connectivity index (χ2v) is 7.99. The molecule has 1 aromatic heterocycles. The third-order valence-corrected chi connectivity index (χ3v) is 4.59. The predicted octanol–water partition coefficient (Wildman–Crippen LogP) is 4.51. The summed E-state index contributed by atoms with van der Waals surface area (Å²) in [4.78, 5) is 24.7. The van der Waals surface area contributed by atoms with Gasteiger partial charge in [0.1, 0.15) is 16.9 Å². The summed E-state index contributed by atoms with van der Waals surface area (Å²) in [5.41, 5.74) is 1.16. The maximum atomic E-state index is 12.8. The first kappa shape index (κ1) is 22.2. The van der Waals surface area contributed by atoms with Gasteiger partial charge in [0.25, 0.3) is 0 Å². The van der Waals surface area contributed by atoms with Crippen LogP contribution in [0, 0.1) is 6.92 Å². The number of aryl methyl sites for hydroxylation is 1. The third-order valence-electron chi connectivity index (χ3n) is 4.59. The van der Waals surface area contributed by atoms with Gasteiger partial charge in [-0.3, -0.25) is 0 Å². The van der Waals surface area contributed by atoms with Crippen LogP contribution in [-0.2, 0) is 9.53 Å². The van der Waals surface area contributed by atoms with Crippen molar-refractivity contribution in [2.24, 2.45) is 0 Å². The molecular formula is C24H26O7. The summed E-state index contributed by atoms with van der Waals surface area (Å²) in [6.07, 6.45) is 0. The van der Waals surface area contributed by atoms with Crippen molar-refractivity contribution in [2.45, 2.75) is 33.3 Å². The lowest BCUT2D eigenvalue weighted by molar-refractivity contribution is -0.157. The molecule has 0 aliphatic carbocycles. The number of rotatable bonds is 6. The van der Waals surface area contributed by atoms with E-state index in [4.69, 9.17) is 23.4 Å². The Morgan fingerprint density at radius 3 is 2.35 bits per heavy atom. The van der Waals surface area contributed by atoms with Crippen molar-refractivity contribution >= 4 is 16.9 Å². The molecule has 3 aromatic rings. The van der Waals surface area contributed by atoms with Crippen molar-refractivity contribution < 1.29 is 28.2 Å². The molecule has 0 N–H and O–H groups in total. The van der Waals surface area contributed by atoms with Crippen molar-refractivity contribution in [3.05, 3.63) is 52.4 Å². The van der Waals surface area contributed by atoms with E-state index in [-0.39, 0.29) is 6.61 Å². The van der Waals surface area contributed by atoms with Crippen LogP contribution in [0.25, 0.3) is 22.1 Å². The van der Waals surface area contributed by atoms with E-state index in [1.807, 2.05) is 6.92 Å². The molecule has 1 heterocycles. The highest BCUT2D eigenvalue weighted by atomic mass is 16.6. The minimum absolute atomic E-state index is 0.240. The van der Waals surface area contributed by atoms with Crippen molar-refractivity contribution in [1.29, 1.82) is 0 Å². The van der Waals surface area contributed by atoms with Crippen LogP contribution in [0.5, 0.6) is 17.2 Å². The van der Waals surface area contributed by atoms with Crippen LogP contribution in [0.4, 0.5) is 0 Å². The lowest BCUT2D eigenvalue weighted by Crippen LogP contribution is -2.27. The largest absolute Gasteiger partial charge is 0.493 e. The van der Waals surface area contributed by atoms with Gasteiger partial charge in [-0.05, 0) is 63.1 Å². The van der Waals surface area contributed by atoms with Crippen molar-refractivity contribution in [3.63, 3.8) is 0 Å². The molecule has 0 saturated heterocycles. The third kappa shape index (κ3) is 4.99. The molecule has 31 heavy (non-hydrogen) atoms. The van der Waals surface area contributed by atoms with Crippen LogP contribution in [-0.4, -0.2) is 32.4 Å². The van der Waals surface area contributed by atoms with E-state index in [1.54, 1.807) is 64.3 Å². The van der Waals surface area contributed by atoms with Gasteiger partial charge in [-0.2, -0.15) is 0 Å². The van der Waals surface area contributed by atoms with E-state index in [9.17, 15) is 9.59 Å². The summed E-state index contributed by atoms with van der Waals surface area (Å²) in [6, 6.07) is 10.4. The molecule has 0 bridgehead atoms. The van der Waals surface area contributed by atoms with Gasteiger partial charge in [0.05, 0.1) is 19.8 Å². The van der Waals surface area contributed by atoms with Crippen LogP contribution in [0.15, 0.2) is 45.6 Å². The van der Waals surface area contributed by atoms with Gasteiger partial charge in [-0.1, -0.05) is 6.07 Å². The summed E-state index contributed by atoms with van der Waals surface area (Å²) in [6.45, 7) is 6.97. The van der Waals surface area contributed by atoms with Gasteiger partial charge in [0, 0.05) is 11.5 Å². The van der Waals surface area contributed by atoms with Crippen LogP contribution >= 0.6 is 0 Å². The molecule has 7 heteroatoms. The SMILES string of the molecule is COc1ccc(-c2c(C)c3ccc(OCC(=O)OC(C)(C)C)cc3oc2=O)cc1OC. The number of hydrogen-bond acceptors (Lipinski definition) is 7. The molecule has 0 aliphatic rings. The Bertz CT molecular complexity index is 1170. The number of benzene rings is 2. The summed E-state index contributed by atoms with van der Waals surface area (Å²) in [5.74, 6) is 1.01. The number of ether oxygens (including phenoxy) is 4. The normalized spacial score (nSPS) is 11.3. The standard InChI is InChI=1S/C24H26O7/c1-14-17-9-8-16(29-13-21(25)31-24(2,3)4)12-19(17)30-23(26)22(14)15-7-10-18(27-5)20(11-15)28-6/h7-12H,13H2,1-6H3. The molecule has 0 atom stereocenters. The lowest BCUT2D eigenvalue weighted by Gasteiger charge is -2.19. The van der Waals surface area contributed by atoms with E-state index in [0.717, 1.165) is 10.9 Å². The van der Waals surface area contributed by atoms with Crippen LogP contribution in [0.2, 0.25) is 0 Å². The first-order chi connectivity index (χ1) is 14.6. The molecule has 0 saturated carbocycles. The van der Waals surface area contributed by atoms with E-state index < -0.39 is 17.2 Å². The highest BCUT2D eigenvalue weighted by molar-refractivity contribution is 5.87. The highest BCUT2D eigenvalue weighted by Gasteiger charge is 2.18. The molecule has 164 valence electrons. The molecule has 0 spiro atoms. The summed E-state index contributed by atoms with van der Waals surface area (Å²) in [5, 5.41) is 0.758. The van der Waals surface area contributed by atoms with Crippen LogP contribution < -0.4 is 19.8 Å². The minimum atomic E-state index is -0.589. The fourth-order valence-electron chi connectivity index (χ4n) is 3.26. The Balaban J connectivity index is 1.93. The Morgan fingerprint density at radius 1 is 1.00 bits per heavy atom. The average Bonchev–Trinajstić information content (AvgIpc) is 2.70. The highest BCUT2D eigenvalue weighted by Crippen LogP contribution is 2.34. The Morgan fingerprint density at radius 2 is 1.71 bits per heavy atom. The first-order valence-electron chi connectivity index (χ1n) is 9.77. The van der Waals surface area contributed by atoms with E-state index in [1.165, 1.54) is 7.11 Å². The zero-order valence-electron chi connectivity index (χ0n) is 18.5. The Hall–Kier alpha value is -3.48. The Kier molecular flexibility index (Phi) is 6.24. The average molecular weight is 426 g/mol. The van der Waals surface area contributed by atoms with E-state index >= 15 is 0 Å². The molecule has 0 amide bonds. The number of carbonyl (C=O) groups is 1. The molecule has 0 unspecified atom stereocenters. The molecule has 0 radical (unpaired) electrons. The predicted molar refractivity (Wildman–Crippen MR) is 117 cm³/mol. The number of fused-ring (bicyclic) bond motifs is 1. The van der Waals surface area contributed by atoms with Gasteiger partial charge in [0.15, 0.2) is 18.1 Å². The molecule has 0 fully saturated rings. The zero-order valence-corrected chi connectivity index (χ0v) is 18.5. The smallest absolute Gasteiger partial charge is 0.344 e. The molecule has 2 aromatic carbocycles. The topological polar surface area (TPSA) is 84.2 Å². The summed E-state index contributed by atoms with van der Waals surface area (Å²) >= 11 is 0. The maximum Gasteiger partial charge on any atom is 0.344 e. The fraction of sp³-hybridized carbons (Fsp3) is 0.333. The van der Waals surface area contributed by atoms with Crippen LogP contribution in [0.1, 0.15) is 26.3 Å². The van der Waals surface area contributed by atoms with Crippen LogP contribution in [0.3, 0.4) is 0 Å². The molecule has 0 aliphatic heterocycles. The Labute approximate surface area is 180 Å².